The lowest BCUT2D eigenvalue weighted by Crippen LogP contribution is -2.72. The van der Waals surface area contributed by atoms with E-state index in [-0.39, 0.29) is 27.7 Å². The van der Waals surface area contributed by atoms with Crippen molar-refractivity contribution in [2.45, 2.75) is 67.2 Å². The standard InChI is InChI=1S/C30H31NO/c1-23(32)31-30-20-27(24-11-5-2-6-12-24)17-28(21-30,25-13-7-3-8-14-25)19-29(18-27,22-30)26-15-9-4-10-16-26/h2-16H,17-22H2,1H3,(H,31,32). The highest BCUT2D eigenvalue weighted by Crippen LogP contribution is 2.71. The van der Waals surface area contributed by atoms with Crippen LogP contribution in [0.15, 0.2) is 91.0 Å². The molecule has 162 valence electrons. The van der Waals surface area contributed by atoms with Crippen molar-refractivity contribution in [2.75, 3.05) is 0 Å². The topological polar surface area (TPSA) is 29.1 Å². The van der Waals surface area contributed by atoms with Gasteiger partial charge in [-0.25, -0.2) is 0 Å². The summed E-state index contributed by atoms with van der Waals surface area (Å²) in [6, 6.07) is 33.4. The first-order valence-corrected chi connectivity index (χ1v) is 11.9. The van der Waals surface area contributed by atoms with Crippen molar-refractivity contribution in [3.63, 3.8) is 0 Å². The molecule has 0 saturated heterocycles. The summed E-state index contributed by atoms with van der Waals surface area (Å²) < 4.78 is 0. The van der Waals surface area contributed by atoms with Gasteiger partial charge in [0, 0.05) is 12.5 Å². The first-order chi connectivity index (χ1) is 15.5. The summed E-state index contributed by atoms with van der Waals surface area (Å²) in [5.41, 5.74) is 4.32. The van der Waals surface area contributed by atoms with Gasteiger partial charge >= 0.3 is 0 Å². The van der Waals surface area contributed by atoms with Crippen molar-refractivity contribution in [3.05, 3.63) is 108 Å². The predicted molar refractivity (Wildman–Crippen MR) is 129 cm³/mol. The molecule has 4 aliphatic rings. The number of carbonyl (C=O) groups excluding carboxylic acids is 1. The number of amides is 1. The van der Waals surface area contributed by atoms with E-state index in [1.807, 2.05) is 0 Å². The Bertz CT molecular complexity index is 995. The minimum Gasteiger partial charge on any atom is -0.351 e. The molecule has 3 aromatic rings. The van der Waals surface area contributed by atoms with Crippen LogP contribution in [0.4, 0.5) is 0 Å². The van der Waals surface area contributed by atoms with Crippen molar-refractivity contribution in [2.24, 2.45) is 0 Å². The Morgan fingerprint density at radius 3 is 1.16 bits per heavy atom. The molecular formula is C30H31NO. The van der Waals surface area contributed by atoms with Crippen molar-refractivity contribution < 1.29 is 4.79 Å². The molecule has 32 heavy (non-hydrogen) atoms. The maximum absolute atomic E-state index is 12.5. The van der Waals surface area contributed by atoms with Crippen LogP contribution in [0.5, 0.6) is 0 Å². The molecule has 0 radical (unpaired) electrons. The van der Waals surface area contributed by atoms with Crippen LogP contribution in [0, 0.1) is 0 Å². The van der Waals surface area contributed by atoms with Gasteiger partial charge < -0.3 is 5.32 Å². The number of hydrogen-bond donors (Lipinski definition) is 1. The number of rotatable bonds is 4. The Morgan fingerprint density at radius 1 is 0.562 bits per heavy atom. The van der Waals surface area contributed by atoms with E-state index in [1.54, 1.807) is 6.92 Å². The number of hydrogen-bond acceptors (Lipinski definition) is 1. The molecule has 3 aromatic carbocycles. The van der Waals surface area contributed by atoms with Gasteiger partial charge in [-0.05, 0) is 71.5 Å². The van der Waals surface area contributed by atoms with E-state index in [0.29, 0.717) is 0 Å². The third-order valence-corrected chi connectivity index (χ3v) is 8.66. The van der Waals surface area contributed by atoms with Gasteiger partial charge in [0.05, 0.1) is 0 Å². The number of nitrogens with one attached hydrogen (secondary N) is 1. The van der Waals surface area contributed by atoms with Crippen LogP contribution >= 0.6 is 0 Å². The van der Waals surface area contributed by atoms with Crippen molar-refractivity contribution in [1.29, 1.82) is 0 Å². The second kappa shape index (κ2) is 6.81. The maximum atomic E-state index is 12.5. The molecule has 2 heteroatoms. The van der Waals surface area contributed by atoms with E-state index in [2.05, 4.69) is 96.3 Å². The molecule has 0 spiro atoms. The van der Waals surface area contributed by atoms with E-state index in [4.69, 9.17) is 0 Å². The zero-order valence-electron chi connectivity index (χ0n) is 18.8. The van der Waals surface area contributed by atoms with E-state index in [9.17, 15) is 4.79 Å². The lowest BCUT2D eigenvalue weighted by Gasteiger charge is -2.71. The van der Waals surface area contributed by atoms with Gasteiger partial charge in [0.1, 0.15) is 0 Å². The molecule has 0 aliphatic heterocycles. The van der Waals surface area contributed by atoms with Crippen LogP contribution in [0.1, 0.15) is 62.1 Å². The van der Waals surface area contributed by atoms with Crippen LogP contribution in [-0.4, -0.2) is 11.4 Å². The normalized spacial score (nSPS) is 34.9. The molecule has 0 heterocycles. The molecule has 7 rings (SSSR count). The van der Waals surface area contributed by atoms with Gasteiger partial charge in [0.2, 0.25) is 5.91 Å². The van der Waals surface area contributed by atoms with Gasteiger partial charge in [-0.15, -0.1) is 0 Å². The minimum atomic E-state index is -0.178. The Kier molecular flexibility index (Phi) is 4.21. The summed E-state index contributed by atoms with van der Waals surface area (Å²) in [4.78, 5) is 12.5. The zero-order valence-corrected chi connectivity index (χ0v) is 18.8. The molecule has 4 aliphatic carbocycles. The minimum absolute atomic E-state index is 0.0597. The second-order valence-electron chi connectivity index (χ2n) is 11.0. The summed E-state index contributed by atoms with van der Waals surface area (Å²) >= 11 is 0. The van der Waals surface area contributed by atoms with Crippen LogP contribution in [0.3, 0.4) is 0 Å². The van der Waals surface area contributed by atoms with Crippen LogP contribution < -0.4 is 5.32 Å². The van der Waals surface area contributed by atoms with Gasteiger partial charge in [0.25, 0.3) is 0 Å². The van der Waals surface area contributed by atoms with E-state index < -0.39 is 0 Å². The molecule has 0 unspecified atom stereocenters. The molecular weight excluding hydrogens is 390 g/mol. The monoisotopic (exact) mass is 421 g/mol. The van der Waals surface area contributed by atoms with Crippen LogP contribution in [0.2, 0.25) is 0 Å². The third-order valence-electron chi connectivity index (χ3n) is 8.66. The Labute approximate surface area is 191 Å². The summed E-state index contributed by atoms with van der Waals surface area (Å²) in [7, 11) is 0. The quantitative estimate of drug-likeness (QED) is 0.545. The smallest absolute Gasteiger partial charge is 0.217 e. The van der Waals surface area contributed by atoms with Crippen molar-refractivity contribution >= 4 is 5.91 Å². The molecule has 0 aromatic heterocycles. The highest BCUT2D eigenvalue weighted by molar-refractivity contribution is 5.74. The van der Waals surface area contributed by atoms with Crippen LogP contribution in [0.25, 0.3) is 0 Å². The molecule has 1 N–H and O–H groups in total. The highest BCUT2D eigenvalue weighted by Gasteiger charge is 2.69. The average Bonchev–Trinajstić information content (AvgIpc) is 2.79. The van der Waals surface area contributed by atoms with Gasteiger partial charge in [-0.2, -0.15) is 0 Å². The highest BCUT2D eigenvalue weighted by atomic mass is 16.1. The zero-order chi connectivity index (χ0) is 21.9. The Morgan fingerprint density at radius 2 is 0.875 bits per heavy atom. The maximum Gasteiger partial charge on any atom is 0.217 e. The van der Waals surface area contributed by atoms with E-state index in [0.717, 1.165) is 38.5 Å². The fourth-order valence-electron chi connectivity index (χ4n) is 8.44. The summed E-state index contributed by atoms with van der Waals surface area (Å²) in [5, 5.41) is 3.53. The van der Waals surface area contributed by atoms with E-state index in [1.165, 1.54) is 16.7 Å². The molecule has 4 bridgehead atoms. The first kappa shape index (κ1) is 19.8. The molecule has 4 saturated carbocycles. The van der Waals surface area contributed by atoms with Gasteiger partial charge in [0.15, 0.2) is 0 Å². The SMILES string of the molecule is CC(=O)NC12CC3(c4ccccc4)CC(c4ccccc4)(C1)CC(c1ccccc1)(C2)C3. The van der Waals surface area contributed by atoms with Gasteiger partial charge in [-0.3, -0.25) is 4.79 Å². The number of benzene rings is 3. The molecule has 4 fully saturated rings. The van der Waals surface area contributed by atoms with Crippen molar-refractivity contribution in [1.82, 2.24) is 5.32 Å². The van der Waals surface area contributed by atoms with Crippen LogP contribution in [-0.2, 0) is 21.0 Å². The Balaban J connectivity index is 1.61. The van der Waals surface area contributed by atoms with E-state index >= 15 is 0 Å². The predicted octanol–water partition coefficient (Wildman–Crippen LogP) is 6.06. The largest absolute Gasteiger partial charge is 0.351 e. The summed E-state index contributed by atoms with van der Waals surface area (Å²) in [6.07, 6.45) is 6.57. The van der Waals surface area contributed by atoms with Gasteiger partial charge in [-0.1, -0.05) is 91.0 Å². The van der Waals surface area contributed by atoms with Crippen molar-refractivity contribution in [3.8, 4) is 0 Å². The Hall–Kier alpha value is -2.87. The molecule has 0 atom stereocenters. The first-order valence-electron chi connectivity index (χ1n) is 11.9. The fourth-order valence-corrected chi connectivity index (χ4v) is 8.44. The molecule has 1 amide bonds. The second-order valence-corrected chi connectivity index (χ2v) is 11.0. The summed E-state index contributed by atoms with van der Waals surface area (Å²) in [6.45, 7) is 1.69. The average molecular weight is 422 g/mol. The lowest BCUT2D eigenvalue weighted by molar-refractivity contribution is -0.128. The lowest BCUT2D eigenvalue weighted by atomic mass is 9.34. The number of carbonyl (C=O) groups is 1. The third kappa shape index (κ3) is 2.88. The molecule has 2 nitrogen and oxygen atoms in total. The fraction of sp³-hybridized carbons (Fsp3) is 0.367. The summed E-state index contributed by atoms with van der Waals surface area (Å²) in [5.74, 6) is 0.0987.